The SMILES string of the molecule is Cc1cc(Nc2nn(C)c3cc(C(C)(C)O)ccc23)nn1C. The lowest BCUT2D eigenvalue weighted by Crippen LogP contribution is -2.15. The minimum absolute atomic E-state index is 0.762. The van der Waals surface area contributed by atoms with Crippen molar-refractivity contribution in [1.29, 1.82) is 0 Å². The van der Waals surface area contributed by atoms with E-state index in [1.165, 1.54) is 0 Å². The van der Waals surface area contributed by atoms with Crippen molar-refractivity contribution in [3.05, 3.63) is 35.5 Å². The molecule has 0 saturated heterocycles. The van der Waals surface area contributed by atoms with Gasteiger partial charge in [0.1, 0.15) is 0 Å². The Morgan fingerprint density at radius 3 is 2.41 bits per heavy atom. The zero-order valence-corrected chi connectivity index (χ0v) is 13.5. The summed E-state index contributed by atoms with van der Waals surface area (Å²) in [6, 6.07) is 7.86. The molecule has 2 N–H and O–H groups in total. The first kappa shape index (κ1) is 14.6. The van der Waals surface area contributed by atoms with Crippen molar-refractivity contribution in [2.24, 2.45) is 14.1 Å². The highest BCUT2D eigenvalue weighted by molar-refractivity contribution is 5.92. The average Bonchev–Trinajstić information content (AvgIpc) is 2.90. The second-order valence-electron chi connectivity index (χ2n) is 6.18. The van der Waals surface area contributed by atoms with Gasteiger partial charge in [-0.3, -0.25) is 9.36 Å². The molecule has 0 aliphatic carbocycles. The highest BCUT2D eigenvalue weighted by Crippen LogP contribution is 2.29. The van der Waals surface area contributed by atoms with E-state index in [1.54, 1.807) is 13.8 Å². The van der Waals surface area contributed by atoms with E-state index in [2.05, 4.69) is 15.5 Å². The number of rotatable bonds is 3. The van der Waals surface area contributed by atoms with Crippen molar-refractivity contribution in [3.8, 4) is 0 Å². The Kier molecular flexibility index (Phi) is 3.21. The highest BCUT2D eigenvalue weighted by Gasteiger charge is 2.18. The van der Waals surface area contributed by atoms with Gasteiger partial charge < -0.3 is 10.4 Å². The van der Waals surface area contributed by atoms with Crippen LogP contribution < -0.4 is 5.32 Å². The standard InChI is InChI=1S/C16H21N5O/c1-10-8-14(18-20(10)4)17-15-12-7-6-11(16(2,3)22)9-13(12)21(5)19-15/h6-9,22H,1-5H3,(H,17,18,19). The van der Waals surface area contributed by atoms with Crippen molar-refractivity contribution in [2.45, 2.75) is 26.4 Å². The van der Waals surface area contributed by atoms with Crippen LogP contribution in [0.5, 0.6) is 0 Å². The first-order valence-corrected chi connectivity index (χ1v) is 7.23. The van der Waals surface area contributed by atoms with E-state index in [1.807, 2.05) is 54.6 Å². The average molecular weight is 299 g/mol. The summed E-state index contributed by atoms with van der Waals surface area (Å²) in [6.45, 7) is 5.56. The molecule has 6 nitrogen and oxygen atoms in total. The second-order valence-corrected chi connectivity index (χ2v) is 6.18. The minimum Gasteiger partial charge on any atom is -0.386 e. The Morgan fingerprint density at radius 2 is 1.82 bits per heavy atom. The molecular weight excluding hydrogens is 278 g/mol. The van der Waals surface area contributed by atoms with Gasteiger partial charge >= 0.3 is 0 Å². The van der Waals surface area contributed by atoms with Crippen molar-refractivity contribution in [2.75, 3.05) is 5.32 Å². The van der Waals surface area contributed by atoms with E-state index in [0.29, 0.717) is 0 Å². The van der Waals surface area contributed by atoms with E-state index in [-0.39, 0.29) is 0 Å². The minimum atomic E-state index is -0.871. The highest BCUT2D eigenvalue weighted by atomic mass is 16.3. The van der Waals surface area contributed by atoms with Gasteiger partial charge in [0.05, 0.1) is 11.1 Å². The van der Waals surface area contributed by atoms with E-state index in [0.717, 1.165) is 33.8 Å². The molecule has 2 heterocycles. The molecule has 1 aromatic carbocycles. The number of nitrogens with zero attached hydrogens (tertiary/aromatic N) is 4. The van der Waals surface area contributed by atoms with Crippen molar-refractivity contribution < 1.29 is 5.11 Å². The van der Waals surface area contributed by atoms with E-state index < -0.39 is 5.60 Å². The van der Waals surface area contributed by atoms with Gasteiger partial charge in [-0.1, -0.05) is 6.07 Å². The molecule has 0 fully saturated rings. The molecule has 0 amide bonds. The predicted octanol–water partition coefficient (Wildman–Crippen LogP) is 2.59. The zero-order chi connectivity index (χ0) is 16.1. The summed E-state index contributed by atoms with van der Waals surface area (Å²) >= 11 is 0. The topological polar surface area (TPSA) is 67.9 Å². The van der Waals surface area contributed by atoms with Crippen LogP contribution in [0.3, 0.4) is 0 Å². The summed E-state index contributed by atoms with van der Waals surface area (Å²) in [5, 5.41) is 23.3. The van der Waals surface area contributed by atoms with Gasteiger partial charge in [-0.25, -0.2) is 0 Å². The summed E-state index contributed by atoms with van der Waals surface area (Å²) < 4.78 is 3.63. The number of aliphatic hydroxyl groups is 1. The summed E-state index contributed by atoms with van der Waals surface area (Å²) in [5.74, 6) is 1.53. The molecule has 0 aliphatic heterocycles. The fraction of sp³-hybridized carbons (Fsp3) is 0.375. The van der Waals surface area contributed by atoms with Gasteiger partial charge in [0.15, 0.2) is 11.6 Å². The van der Waals surface area contributed by atoms with Crippen LogP contribution in [0, 0.1) is 6.92 Å². The number of aryl methyl sites for hydroxylation is 3. The van der Waals surface area contributed by atoms with Crippen molar-refractivity contribution >= 4 is 22.5 Å². The van der Waals surface area contributed by atoms with Crippen LogP contribution >= 0.6 is 0 Å². The second kappa shape index (κ2) is 4.84. The van der Waals surface area contributed by atoms with Crippen LogP contribution in [-0.2, 0) is 19.7 Å². The molecule has 2 aromatic heterocycles. The molecule has 0 saturated carbocycles. The van der Waals surface area contributed by atoms with Gasteiger partial charge in [-0.05, 0) is 38.5 Å². The first-order valence-electron chi connectivity index (χ1n) is 7.23. The molecule has 0 spiro atoms. The van der Waals surface area contributed by atoms with E-state index >= 15 is 0 Å². The smallest absolute Gasteiger partial charge is 0.161 e. The Labute approximate surface area is 129 Å². The van der Waals surface area contributed by atoms with Gasteiger partial charge in [0, 0.05) is 31.2 Å². The Hall–Kier alpha value is -2.34. The Bertz CT molecular complexity index is 819. The lowest BCUT2D eigenvalue weighted by Gasteiger charge is -2.17. The molecule has 6 heteroatoms. The Morgan fingerprint density at radius 1 is 1.09 bits per heavy atom. The van der Waals surface area contributed by atoms with E-state index in [9.17, 15) is 5.11 Å². The fourth-order valence-electron chi connectivity index (χ4n) is 2.47. The lowest BCUT2D eigenvalue weighted by molar-refractivity contribution is 0.0787. The van der Waals surface area contributed by atoms with Crippen molar-refractivity contribution in [1.82, 2.24) is 19.6 Å². The molecule has 3 rings (SSSR count). The number of anilines is 2. The maximum atomic E-state index is 10.2. The summed E-state index contributed by atoms with van der Waals surface area (Å²) in [4.78, 5) is 0. The van der Waals surface area contributed by atoms with E-state index in [4.69, 9.17) is 0 Å². The molecule has 0 unspecified atom stereocenters. The van der Waals surface area contributed by atoms with Gasteiger partial charge in [-0.15, -0.1) is 0 Å². The number of hydrogen-bond acceptors (Lipinski definition) is 4. The summed E-state index contributed by atoms with van der Waals surface area (Å²) in [5.41, 5.74) is 2.04. The molecule has 22 heavy (non-hydrogen) atoms. The normalized spacial score (nSPS) is 12.1. The van der Waals surface area contributed by atoms with Crippen LogP contribution in [0.15, 0.2) is 24.3 Å². The fourth-order valence-corrected chi connectivity index (χ4v) is 2.47. The maximum Gasteiger partial charge on any atom is 0.161 e. The van der Waals surface area contributed by atoms with Gasteiger partial charge in [0.2, 0.25) is 0 Å². The monoisotopic (exact) mass is 299 g/mol. The summed E-state index contributed by atoms with van der Waals surface area (Å²) in [6.07, 6.45) is 0. The molecule has 116 valence electrons. The quantitative estimate of drug-likeness (QED) is 0.780. The van der Waals surface area contributed by atoms with Crippen LogP contribution in [0.25, 0.3) is 10.9 Å². The van der Waals surface area contributed by atoms with Crippen LogP contribution in [0.2, 0.25) is 0 Å². The van der Waals surface area contributed by atoms with Crippen LogP contribution in [-0.4, -0.2) is 24.7 Å². The number of aromatic nitrogens is 4. The largest absolute Gasteiger partial charge is 0.386 e. The van der Waals surface area contributed by atoms with Crippen LogP contribution in [0.1, 0.15) is 25.1 Å². The summed E-state index contributed by atoms with van der Waals surface area (Å²) in [7, 11) is 3.80. The molecule has 0 radical (unpaired) electrons. The predicted molar refractivity (Wildman–Crippen MR) is 87.2 cm³/mol. The molecule has 3 aromatic rings. The zero-order valence-electron chi connectivity index (χ0n) is 13.5. The lowest BCUT2D eigenvalue weighted by atomic mass is 9.97. The number of nitrogens with one attached hydrogen (secondary N) is 1. The number of fused-ring (bicyclic) bond motifs is 1. The molecule has 0 aliphatic rings. The van der Waals surface area contributed by atoms with Gasteiger partial charge in [0.25, 0.3) is 0 Å². The molecular formula is C16H21N5O. The third-order valence-electron chi connectivity index (χ3n) is 3.92. The third kappa shape index (κ3) is 2.46. The third-order valence-corrected chi connectivity index (χ3v) is 3.92. The molecule has 0 atom stereocenters. The molecule has 0 bridgehead atoms. The number of benzene rings is 1. The maximum absolute atomic E-state index is 10.2. The van der Waals surface area contributed by atoms with Crippen LogP contribution in [0.4, 0.5) is 11.6 Å². The van der Waals surface area contributed by atoms with Gasteiger partial charge in [-0.2, -0.15) is 10.2 Å². The van der Waals surface area contributed by atoms with Crippen molar-refractivity contribution in [3.63, 3.8) is 0 Å². The first-order chi connectivity index (χ1) is 10.3. The number of hydrogen-bond donors (Lipinski definition) is 2. The Balaban J connectivity index is 2.04.